The van der Waals surface area contributed by atoms with E-state index in [1.165, 1.54) is 0 Å². The standard InChI is InChI=1S/C10H20N2O2/c1-2-9(6-13)12-10(14)7-3-4-8(11)5-7/h7-9,13H,2-6,11H2,1H3,(H,12,14). The summed E-state index contributed by atoms with van der Waals surface area (Å²) in [6, 6.07) is 0.0827. The average Bonchev–Trinajstić information content (AvgIpc) is 2.61. The van der Waals surface area contributed by atoms with Gasteiger partial charge in [-0.3, -0.25) is 4.79 Å². The van der Waals surface area contributed by atoms with E-state index in [0.29, 0.717) is 0 Å². The van der Waals surface area contributed by atoms with Gasteiger partial charge in [0.15, 0.2) is 0 Å². The summed E-state index contributed by atoms with van der Waals surface area (Å²) in [5.41, 5.74) is 5.73. The van der Waals surface area contributed by atoms with E-state index >= 15 is 0 Å². The highest BCUT2D eigenvalue weighted by atomic mass is 16.3. The molecule has 1 saturated carbocycles. The summed E-state index contributed by atoms with van der Waals surface area (Å²) in [7, 11) is 0. The molecule has 3 unspecified atom stereocenters. The third kappa shape index (κ3) is 2.96. The Bertz CT molecular complexity index is 193. The van der Waals surface area contributed by atoms with Gasteiger partial charge in [-0.1, -0.05) is 6.92 Å². The zero-order valence-corrected chi connectivity index (χ0v) is 8.70. The van der Waals surface area contributed by atoms with E-state index < -0.39 is 0 Å². The molecule has 0 spiro atoms. The number of nitrogens with one attached hydrogen (secondary N) is 1. The molecule has 1 rings (SSSR count). The highest BCUT2D eigenvalue weighted by Crippen LogP contribution is 2.24. The van der Waals surface area contributed by atoms with Crippen molar-refractivity contribution in [3.63, 3.8) is 0 Å². The first kappa shape index (κ1) is 11.5. The van der Waals surface area contributed by atoms with Crippen LogP contribution in [0.1, 0.15) is 32.6 Å². The fourth-order valence-corrected chi connectivity index (χ4v) is 1.85. The Morgan fingerprint density at radius 2 is 2.36 bits per heavy atom. The Hall–Kier alpha value is -0.610. The molecule has 0 bridgehead atoms. The number of hydrogen-bond donors (Lipinski definition) is 3. The van der Waals surface area contributed by atoms with Crippen LogP contribution < -0.4 is 11.1 Å². The molecule has 4 N–H and O–H groups in total. The summed E-state index contributed by atoms with van der Waals surface area (Å²) < 4.78 is 0. The quantitative estimate of drug-likeness (QED) is 0.598. The normalized spacial score (nSPS) is 28.8. The van der Waals surface area contributed by atoms with Crippen LogP contribution in [0, 0.1) is 5.92 Å². The van der Waals surface area contributed by atoms with Crippen LogP contribution >= 0.6 is 0 Å². The first-order chi connectivity index (χ1) is 6.67. The molecule has 3 atom stereocenters. The minimum atomic E-state index is -0.0978. The molecule has 1 amide bonds. The molecule has 0 aromatic heterocycles. The van der Waals surface area contributed by atoms with Gasteiger partial charge in [-0.15, -0.1) is 0 Å². The van der Waals surface area contributed by atoms with Gasteiger partial charge in [-0.2, -0.15) is 0 Å². The van der Waals surface area contributed by atoms with Crippen LogP contribution in [-0.4, -0.2) is 29.7 Å². The van der Waals surface area contributed by atoms with E-state index in [1.807, 2.05) is 6.92 Å². The van der Waals surface area contributed by atoms with Gasteiger partial charge >= 0.3 is 0 Å². The molecule has 1 aliphatic rings. The number of nitrogens with two attached hydrogens (primary N) is 1. The third-order valence-corrected chi connectivity index (χ3v) is 2.90. The second-order valence-corrected chi connectivity index (χ2v) is 4.07. The monoisotopic (exact) mass is 200 g/mol. The van der Waals surface area contributed by atoms with Gasteiger partial charge in [0.1, 0.15) is 0 Å². The minimum absolute atomic E-state index is 0.0149. The molecule has 0 saturated heterocycles. The molecule has 1 aliphatic carbocycles. The Kier molecular flexibility index (Phi) is 4.35. The lowest BCUT2D eigenvalue weighted by molar-refractivity contribution is -0.125. The minimum Gasteiger partial charge on any atom is -0.394 e. The second-order valence-electron chi connectivity index (χ2n) is 4.07. The third-order valence-electron chi connectivity index (χ3n) is 2.90. The van der Waals surface area contributed by atoms with Crippen LogP contribution in [0.25, 0.3) is 0 Å². The molecule has 0 aromatic rings. The van der Waals surface area contributed by atoms with Crippen molar-refractivity contribution in [2.45, 2.75) is 44.7 Å². The number of rotatable bonds is 4. The molecule has 0 aromatic carbocycles. The SMILES string of the molecule is CCC(CO)NC(=O)C1CCC(N)C1. The van der Waals surface area contributed by atoms with Crippen LogP contribution in [-0.2, 0) is 4.79 Å². The van der Waals surface area contributed by atoms with Gasteiger partial charge in [0.05, 0.1) is 12.6 Å². The molecule has 0 aliphatic heterocycles. The van der Waals surface area contributed by atoms with Crippen molar-refractivity contribution in [3.8, 4) is 0 Å². The van der Waals surface area contributed by atoms with Gasteiger partial charge in [0.25, 0.3) is 0 Å². The molecule has 4 heteroatoms. The maximum absolute atomic E-state index is 11.6. The maximum Gasteiger partial charge on any atom is 0.223 e. The molecule has 4 nitrogen and oxygen atoms in total. The molecular weight excluding hydrogens is 180 g/mol. The largest absolute Gasteiger partial charge is 0.394 e. The number of aliphatic hydroxyl groups excluding tert-OH is 1. The van der Waals surface area contributed by atoms with E-state index in [9.17, 15) is 4.79 Å². The van der Waals surface area contributed by atoms with Gasteiger partial charge in [0.2, 0.25) is 5.91 Å². The Morgan fingerprint density at radius 1 is 1.64 bits per heavy atom. The summed E-state index contributed by atoms with van der Waals surface area (Å²) in [5.74, 6) is 0.115. The van der Waals surface area contributed by atoms with E-state index in [4.69, 9.17) is 10.8 Å². The highest BCUT2D eigenvalue weighted by molar-refractivity contribution is 5.79. The van der Waals surface area contributed by atoms with Crippen LogP contribution in [0.2, 0.25) is 0 Å². The number of carbonyl (C=O) groups excluding carboxylic acids is 1. The molecule has 82 valence electrons. The maximum atomic E-state index is 11.6. The van der Waals surface area contributed by atoms with E-state index in [-0.39, 0.29) is 30.5 Å². The van der Waals surface area contributed by atoms with Gasteiger partial charge in [-0.05, 0) is 25.7 Å². The topological polar surface area (TPSA) is 75.3 Å². The van der Waals surface area contributed by atoms with Crippen LogP contribution in [0.15, 0.2) is 0 Å². The predicted octanol–water partition coefficient (Wildman–Crippen LogP) is 0.000900. The van der Waals surface area contributed by atoms with Crippen molar-refractivity contribution in [2.24, 2.45) is 11.7 Å². The Balaban J connectivity index is 2.34. The van der Waals surface area contributed by atoms with E-state index in [2.05, 4.69) is 5.32 Å². The van der Waals surface area contributed by atoms with Crippen molar-refractivity contribution in [3.05, 3.63) is 0 Å². The van der Waals surface area contributed by atoms with E-state index in [0.717, 1.165) is 25.7 Å². The summed E-state index contributed by atoms with van der Waals surface area (Å²) in [6.45, 7) is 1.96. The van der Waals surface area contributed by atoms with Crippen molar-refractivity contribution < 1.29 is 9.90 Å². The van der Waals surface area contributed by atoms with Crippen molar-refractivity contribution in [2.75, 3.05) is 6.61 Å². The molecule has 0 heterocycles. The number of hydrogen-bond acceptors (Lipinski definition) is 3. The summed E-state index contributed by atoms with van der Waals surface area (Å²) in [6.07, 6.45) is 3.37. The number of amides is 1. The number of carbonyl (C=O) groups is 1. The molecule has 0 radical (unpaired) electrons. The zero-order chi connectivity index (χ0) is 10.6. The highest BCUT2D eigenvalue weighted by Gasteiger charge is 2.28. The summed E-state index contributed by atoms with van der Waals surface area (Å²) >= 11 is 0. The first-order valence-corrected chi connectivity index (χ1v) is 5.34. The smallest absolute Gasteiger partial charge is 0.223 e. The van der Waals surface area contributed by atoms with Gasteiger partial charge < -0.3 is 16.2 Å². The van der Waals surface area contributed by atoms with Crippen LogP contribution in [0.3, 0.4) is 0 Å². The first-order valence-electron chi connectivity index (χ1n) is 5.34. The van der Waals surface area contributed by atoms with Crippen LogP contribution in [0.5, 0.6) is 0 Å². The van der Waals surface area contributed by atoms with Crippen molar-refractivity contribution in [1.29, 1.82) is 0 Å². The fraction of sp³-hybridized carbons (Fsp3) is 0.900. The molecular formula is C10H20N2O2. The fourth-order valence-electron chi connectivity index (χ4n) is 1.85. The molecule has 14 heavy (non-hydrogen) atoms. The lowest BCUT2D eigenvalue weighted by Crippen LogP contribution is -2.40. The predicted molar refractivity (Wildman–Crippen MR) is 54.6 cm³/mol. The van der Waals surface area contributed by atoms with Crippen molar-refractivity contribution >= 4 is 5.91 Å². The van der Waals surface area contributed by atoms with Crippen molar-refractivity contribution in [1.82, 2.24) is 5.32 Å². The van der Waals surface area contributed by atoms with E-state index in [1.54, 1.807) is 0 Å². The average molecular weight is 200 g/mol. The van der Waals surface area contributed by atoms with Crippen LogP contribution in [0.4, 0.5) is 0 Å². The number of aliphatic hydroxyl groups is 1. The second kappa shape index (κ2) is 5.32. The summed E-state index contributed by atoms with van der Waals surface area (Å²) in [5, 5.41) is 11.8. The lowest BCUT2D eigenvalue weighted by Gasteiger charge is -2.17. The Labute approximate surface area is 84.9 Å². The zero-order valence-electron chi connectivity index (χ0n) is 8.70. The van der Waals surface area contributed by atoms with Gasteiger partial charge in [-0.25, -0.2) is 0 Å². The summed E-state index contributed by atoms with van der Waals surface area (Å²) in [4.78, 5) is 11.6. The molecule has 1 fully saturated rings. The van der Waals surface area contributed by atoms with Gasteiger partial charge in [0, 0.05) is 12.0 Å². The Morgan fingerprint density at radius 3 is 2.79 bits per heavy atom. The lowest BCUT2D eigenvalue weighted by atomic mass is 10.1.